The number of nitrogens with one attached hydrogen (secondary N) is 2. The van der Waals surface area contributed by atoms with Crippen LogP contribution in [0.2, 0.25) is 0 Å². The summed E-state index contributed by atoms with van der Waals surface area (Å²) in [4.78, 5) is 18.6. The van der Waals surface area contributed by atoms with E-state index in [9.17, 15) is 4.79 Å². The van der Waals surface area contributed by atoms with E-state index < -0.39 is 0 Å². The minimum atomic E-state index is 0.117. The molecule has 1 aromatic heterocycles. The largest absolute Gasteiger partial charge is 0.363 e. The van der Waals surface area contributed by atoms with Crippen LogP contribution in [0.15, 0.2) is 30.3 Å². The van der Waals surface area contributed by atoms with E-state index in [2.05, 4.69) is 15.6 Å². The first-order valence-electron chi connectivity index (χ1n) is 7.19. The molecule has 2 aromatic rings. The molecule has 3 rings (SSSR count). The minimum absolute atomic E-state index is 0.117. The molecule has 1 saturated heterocycles. The first-order valence-corrected chi connectivity index (χ1v) is 7.19. The second-order valence-corrected chi connectivity index (χ2v) is 5.62. The second kappa shape index (κ2) is 5.69. The predicted molar refractivity (Wildman–Crippen MR) is 84.3 cm³/mol. The summed E-state index contributed by atoms with van der Waals surface area (Å²) >= 11 is 0. The average Bonchev–Trinajstić information content (AvgIpc) is 2.42. The van der Waals surface area contributed by atoms with Crippen LogP contribution in [-0.4, -0.2) is 38.1 Å². The van der Waals surface area contributed by atoms with Crippen LogP contribution >= 0.6 is 0 Å². The summed E-state index contributed by atoms with van der Waals surface area (Å²) in [5.41, 5.74) is 2.06. The zero-order chi connectivity index (χ0) is 14.8. The average molecular weight is 284 g/mol. The molecule has 1 amide bonds. The lowest BCUT2D eigenvalue weighted by Gasteiger charge is -2.26. The van der Waals surface area contributed by atoms with Gasteiger partial charge in [-0.2, -0.15) is 0 Å². The Hall–Kier alpha value is -2.14. The van der Waals surface area contributed by atoms with E-state index in [1.807, 2.05) is 49.3 Å². The van der Waals surface area contributed by atoms with E-state index in [-0.39, 0.29) is 11.8 Å². The molecule has 5 heteroatoms. The first kappa shape index (κ1) is 13.8. The lowest BCUT2D eigenvalue weighted by atomic mass is 10.0. The molecule has 0 radical (unpaired) electrons. The molecule has 2 heterocycles. The molecule has 1 aromatic carbocycles. The van der Waals surface area contributed by atoms with Crippen molar-refractivity contribution in [3.05, 3.63) is 35.9 Å². The molecule has 110 valence electrons. The summed E-state index contributed by atoms with van der Waals surface area (Å²) in [5.74, 6) is 1.15. The maximum atomic E-state index is 12.0. The number of fused-ring (bicyclic) bond motifs is 1. The van der Waals surface area contributed by atoms with Crippen LogP contribution in [0.25, 0.3) is 10.9 Å². The fraction of sp³-hybridized carbons (Fsp3) is 0.375. The third kappa shape index (κ3) is 2.83. The summed E-state index contributed by atoms with van der Waals surface area (Å²) < 4.78 is 0. The molecule has 0 saturated carbocycles. The number of carbonyl (C=O) groups is 1. The van der Waals surface area contributed by atoms with Gasteiger partial charge < -0.3 is 15.5 Å². The quantitative estimate of drug-likeness (QED) is 0.884. The van der Waals surface area contributed by atoms with Crippen LogP contribution < -0.4 is 15.5 Å². The van der Waals surface area contributed by atoms with Gasteiger partial charge in [-0.25, -0.2) is 4.98 Å². The molecule has 0 spiro atoms. The van der Waals surface area contributed by atoms with Crippen molar-refractivity contribution in [2.75, 3.05) is 32.1 Å². The van der Waals surface area contributed by atoms with E-state index in [1.54, 1.807) is 0 Å². The van der Waals surface area contributed by atoms with Crippen LogP contribution in [0, 0.1) is 5.92 Å². The van der Waals surface area contributed by atoms with Gasteiger partial charge in [-0.1, -0.05) is 18.2 Å². The lowest BCUT2D eigenvalue weighted by molar-refractivity contribution is -0.126. The first-order chi connectivity index (χ1) is 10.1. The number of rotatable bonds is 4. The Labute approximate surface area is 124 Å². The molecule has 1 aliphatic heterocycles. The zero-order valence-electron chi connectivity index (χ0n) is 12.4. The van der Waals surface area contributed by atoms with Crippen LogP contribution in [0.5, 0.6) is 0 Å². The Morgan fingerprint density at radius 2 is 2.14 bits per heavy atom. The van der Waals surface area contributed by atoms with Crippen molar-refractivity contribution in [3.63, 3.8) is 0 Å². The fourth-order valence-electron chi connectivity index (χ4n) is 2.41. The normalized spacial score (nSPS) is 14.8. The molecular formula is C16H20N4O. The highest BCUT2D eigenvalue weighted by Crippen LogP contribution is 2.22. The Morgan fingerprint density at radius 1 is 1.38 bits per heavy atom. The highest BCUT2D eigenvalue weighted by molar-refractivity contribution is 5.85. The van der Waals surface area contributed by atoms with Gasteiger partial charge in [0.2, 0.25) is 5.91 Å². The van der Waals surface area contributed by atoms with E-state index in [0.29, 0.717) is 6.54 Å². The van der Waals surface area contributed by atoms with Crippen molar-refractivity contribution in [2.24, 2.45) is 5.92 Å². The van der Waals surface area contributed by atoms with Crippen LogP contribution in [0.1, 0.15) is 5.56 Å². The third-order valence-corrected chi connectivity index (χ3v) is 3.85. The van der Waals surface area contributed by atoms with Crippen molar-refractivity contribution in [2.45, 2.75) is 6.54 Å². The SMILES string of the molecule is CN(C)c1cc(CNC(=O)C2CNC2)c2ccccc2n1. The number of benzene rings is 1. The number of pyridine rings is 1. The molecule has 0 atom stereocenters. The van der Waals surface area contributed by atoms with E-state index in [4.69, 9.17) is 0 Å². The lowest BCUT2D eigenvalue weighted by Crippen LogP contribution is -2.50. The summed E-state index contributed by atoms with van der Waals surface area (Å²) in [6, 6.07) is 10.1. The number of amides is 1. The van der Waals surface area contributed by atoms with E-state index in [0.717, 1.165) is 35.4 Å². The van der Waals surface area contributed by atoms with Crippen LogP contribution in [0.3, 0.4) is 0 Å². The monoisotopic (exact) mass is 284 g/mol. The maximum Gasteiger partial charge on any atom is 0.225 e. The van der Waals surface area contributed by atoms with Gasteiger partial charge in [0, 0.05) is 39.1 Å². The Morgan fingerprint density at radius 3 is 2.81 bits per heavy atom. The highest BCUT2D eigenvalue weighted by atomic mass is 16.2. The van der Waals surface area contributed by atoms with Crippen molar-refractivity contribution in [3.8, 4) is 0 Å². The van der Waals surface area contributed by atoms with Gasteiger partial charge in [0.25, 0.3) is 0 Å². The standard InChI is InChI=1S/C16H20N4O/c1-20(2)15-7-11(10-18-16(21)12-8-17-9-12)13-5-3-4-6-14(13)19-15/h3-7,12,17H,8-10H2,1-2H3,(H,18,21). The molecule has 0 aliphatic carbocycles. The highest BCUT2D eigenvalue weighted by Gasteiger charge is 2.24. The van der Waals surface area contributed by atoms with Crippen LogP contribution in [-0.2, 0) is 11.3 Å². The van der Waals surface area contributed by atoms with Crippen molar-refractivity contribution < 1.29 is 4.79 Å². The Balaban J connectivity index is 1.86. The van der Waals surface area contributed by atoms with Gasteiger partial charge in [-0.15, -0.1) is 0 Å². The van der Waals surface area contributed by atoms with Crippen molar-refractivity contribution in [1.82, 2.24) is 15.6 Å². The number of nitrogens with zero attached hydrogens (tertiary/aromatic N) is 2. The Bertz CT molecular complexity index is 664. The smallest absolute Gasteiger partial charge is 0.225 e. The van der Waals surface area contributed by atoms with Crippen molar-refractivity contribution >= 4 is 22.6 Å². The minimum Gasteiger partial charge on any atom is -0.363 e. The molecule has 0 unspecified atom stereocenters. The number of anilines is 1. The topological polar surface area (TPSA) is 57.3 Å². The van der Waals surface area contributed by atoms with Crippen molar-refractivity contribution in [1.29, 1.82) is 0 Å². The van der Waals surface area contributed by atoms with Gasteiger partial charge in [-0.3, -0.25) is 4.79 Å². The van der Waals surface area contributed by atoms with Gasteiger partial charge in [-0.05, 0) is 17.7 Å². The number of carbonyl (C=O) groups excluding carboxylic acids is 1. The molecule has 21 heavy (non-hydrogen) atoms. The molecule has 0 bridgehead atoms. The molecule has 1 fully saturated rings. The second-order valence-electron chi connectivity index (χ2n) is 5.62. The molecule has 2 N–H and O–H groups in total. The molecule has 5 nitrogen and oxygen atoms in total. The Kier molecular flexibility index (Phi) is 3.75. The van der Waals surface area contributed by atoms with E-state index >= 15 is 0 Å². The maximum absolute atomic E-state index is 12.0. The summed E-state index contributed by atoms with van der Waals surface area (Å²) in [6.45, 7) is 2.11. The fourth-order valence-corrected chi connectivity index (χ4v) is 2.41. The predicted octanol–water partition coefficient (Wildman–Crippen LogP) is 1.14. The number of aromatic nitrogens is 1. The van der Waals surface area contributed by atoms with Gasteiger partial charge in [0.05, 0.1) is 11.4 Å². The zero-order valence-corrected chi connectivity index (χ0v) is 12.4. The number of hydrogen-bond acceptors (Lipinski definition) is 4. The van der Waals surface area contributed by atoms with Crippen LogP contribution in [0.4, 0.5) is 5.82 Å². The summed E-state index contributed by atoms with van der Waals surface area (Å²) in [7, 11) is 3.94. The van der Waals surface area contributed by atoms with E-state index in [1.165, 1.54) is 0 Å². The molecular weight excluding hydrogens is 264 g/mol. The van der Waals surface area contributed by atoms with Gasteiger partial charge >= 0.3 is 0 Å². The molecule has 1 aliphatic rings. The summed E-state index contributed by atoms with van der Waals surface area (Å²) in [6.07, 6.45) is 0. The van der Waals surface area contributed by atoms with Gasteiger partial charge in [0.15, 0.2) is 0 Å². The van der Waals surface area contributed by atoms with Gasteiger partial charge in [0.1, 0.15) is 5.82 Å². The summed E-state index contributed by atoms with van der Waals surface area (Å²) in [5, 5.41) is 7.24. The third-order valence-electron chi connectivity index (χ3n) is 3.85. The number of para-hydroxylation sites is 1. The number of hydrogen-bond donors (Lipinski definition) is 2.